The van der Waals surface area contributed by atoms with E-state index in [2.05, 4.69) is 5.10 Å². The van der Waals surface area contributed by atoms with Crippen LogP contribution in [0.3, 0.4) is 0 Å². The number of halogens is 3. The molecule has 2 atom stereocenters. The zero-order valence-electron chi connectivity index (χ0n) is 17.9. The molecule has 3 heterocycles. The van der Waals surface area contributed by atoms with Gasteiger partial charge in [0.25, 0.3) is 5.91 Å². The molecule has 2 fully saturated rings. The van der Waals surface area contributed by atoms with E-state index < -0.39 is 22.7 Å². The van der Waals surface area contributed by atoms with Gasteiger partial charge in [-0.25, -0.2) is 0 Å². The van der Waals surface area contributed by atoms with Crippen LogP contribution < -0.4 is 4.90 Å². The first-order valence-corrected chi connectivity index (χ1v) is 10.3. The normalized spacial score (nSPS) is 23.2. The molecule has 2 aromatic rings. The summed E-state index contributed by atoms with van der Waals surface area (Å²) in [5, 5.41) is 23.5. The number of aryl methyl sites for hydroxylation is 2. The van der Waals surface area contributed by atoms with E-state index >= 15 is 0 Å². The number of carbonyl (C=O) groups is 1. The molecule has 1 N–H and O–H groups in total. The van der Waals surface area contributed by atoms with E-state index in [1.807, 2.05) is 4.90 Å². The van der Waals surface area contributed by atoms with E-state index in [0.29, 0.717) is 44.0 Å². The second kappa shape index (κ2) is 7.81. The number of hydrogen-bond donors (Lipinski definition) is 1. The highest BCUT2D eigenvalue weighted by Gasteiger charge is 2.50. The molecule has 0 aliphatic carbocycles. The Hall–Kier alpha value is -3.06. The maximum atomic E-state index is 13.4. The fourth-order valence-electron chi connectivity index (χ4n) is 4.96. The summed E-state index contributed by atoms with van der Waals surface area (Å²) in [5.74, 6) is -0.260. The molecule has 4 rings (SSSR count). The number of hydrogen-bond acceptors (Lipinski definition) is 5. The number of aliphatic hydroxyl groups is 1. The van der Waals surface area contributed by atoms with Crippen molar-refractivity contribution in [3.8, 4) is 6.07 Å². The molecular weight excluding hydrogens is 423 g/mol. The van der Waals surface area contributed by atoms with Gasteiger partial charge < -0.3 is 14.9 Å². The Bertz CT molecular complexity index is 1090. The van der Waals surface area contributed by atoms with Crippen LogP contribution >= 0.6 is 0 Å². The number of likely N-dealkylation sites (tertiary alicyclic amines) is 1. The Morgan fingerprint density at radius 2 is 2.09 bits per heavy atom. The lowest BCUT2D eigenvalue weighted by molar-refractivity contribution is -0.137. The van der Waals surface area contributed by atoms with Gasteiger partial charge in [-0.15, -0.1) is 0 Å². The fraction of sp³-hybridized carbons (Fsp3) is 0.500. The van der Waals surface area contributed by atoms with Crippen LogP contribution in [0.25, 0.3) is 0 Å². The average Bonchev–Trinajstić information content (AvgIpc) is 3.31. The van der Waals surface area contributed by atoms with Crippen LogP contribution in [0.15, 0.2) is 24.3 Å². The quantitative estimate of drug-likeness (QED) is 0.782. The number of piperidine rings is 1. The SMILES string of the molecule is Cc1cc(C(=O)N2CC3CN(c4ccc(C#N)c(C(F)(F)F)c4)CCC3(CO)C2)n(C)n1. The van der Waals surface area contributed by atoms with Crippen molar-refractivity contribution in [2.45, 2.75) is 19.5 Å². The molecule has 1 aromatic carbocycles. The molecule has 1 aromatic heterocycles. The predicted octanol–water partition coefficient (Wildman–Crippen LogP) is 2.58. The van der Waals surface area contributed by atoms with Crippen LogP contribution in [0.4, 0.5) is 18.9 Å². The van der Waals surface area contributed by atoms with Crippen LogP contribution in [0.2, 0.25) is 0 Å². The lowest BCUT2D eigenvalue weighted by atomic mass is 9.73. The zero-order valence-corrected chi connectivity index (χ0v) is 17.9. The van der Waals surface area contributed by atoms with Gasteiger partial charge in [0, 0.05) is 50.2 Å². The highest BCUT2D eigenvalue weighted by molar-refractivity contribution is 5.93. The molecule has 2 saturated heterocycles. The maximum absolute atomic E-state index is 13.4. The number of anilines is 1. The number of rotatable bonds is 3. The van der Waals surface area contributed by atoms with E-state index in [1.54, 1.807) is 31.0 Å². The van der Waals surface area contributed by atoms with E-state index in [1.165, 1.54) is 16.8 Å². The van der Waals surface area contributed by atoms with Crippen molar-refractivity contribution in [1.82, 2.24) is 14.7 Å². The van der Waals surface area contributed by atoms with Gasteiger partial charge in [-0.3, -0.25) is 9.48 Å². The van der Waals surface area contributed by atoms with Gasteiger partial charge in [-0.1, -0.05) is 0 Å². The first kappa shape index (κ1) is 22.1. The van der Waals surface area contributed by atoms with Gasteiger partial charge in [-0.2, -0.15) is 23.5 Å². The molecule has 0 radical (unpaired) electrons. The summed E-state index contributed by atoms with van der Waals surface area (Å²) in [5.41, 5.74) is -0.266. The van der Waals surface area contributed by atoms with Crippen LogP contribution in [-0.4, -0.2) is 58.5 Å². The summed E-state index contributed by atoms with van der Waals surface area (Å²) in [6, 6.07) is 7.06. The fourth-order valence-corrected chi connectivity index (χ4v) is 4.96. The number of aromatic nitrogens is 2. The highest BCUT2D eigenvalue weighted by Crippen LogP contribution is 2.44. The Morgan fingerprint density at radius 1 is 1.34 bits per heavy atom. The third kappa shape index (κ3) is 3.71. The summed E-state index contributed by atoms with van der Waals surface area (Å²) >= 11 is 0. The number of aliphatic hydroxyl groups excluding tert-OH is 1. The summed E-state index contributed by atoms with van der Waals surface area (Å²) in [7, 11) is 1.70. The number of benzene rings is 1. The first-order valence-electron chi connectivity index (χ1n) is 10.3. The topological polar surface area (TPSA) is 85.4 Å². The smallest absolute Gasteiger partial charge is 0.396 e. The van der Waals surface area contributed by atoms with Crippen molar-refractivity contribution in [2.24, 2.45) is 18.4 Å². The number of alkyl halides is 3. The van der Waals surface area contributed by atoms with E-state index in [-0.39, 0.29) is 18.4 Å². The van der Waals surface area contributed by atoms with Crippen molar-refractivity contribution >= 4 is 11.6 Å². The number of amides is 1. The molecule has 2 aliphatic rings. The van der Waals surface area contributed by atoms with E-state index in [9.17, 15) is 23.1 Å². The summed E-state index contributed by atoms with van der Waals surface area (Å²) in [6.07, 6.45) is -4.08. The number of carbonyl (C=O) groups excluding carboxylic acids is 1. The van der Waals surface area contributed by atoms with Gasteiger partial charge in [0.05, 0.1) is 29.5 Å². The van der Waals surface area contributed by atoms with Gasteiger partial charge in [0.2, 0.25) is 0 Å². The van der Waals surface area contributed by atoms with Crippen molar-refractivity contribution in [2.75, 3.05) is 37.7 Å². The van der Waals surface area contributed by atoms with Gasteiger partial charge in [-0.05, 0) is 37.6 Å². The second-order valence-corrected chi connectivity index (χ2v) is 8.73. The summed E-state index contributed by atoms with van der Waals surface area (Å²) < 4.78 is 41.7. The van der Waals surface area contributed by atoms with E-state index in [4.69, 9.17) is 5.26 Å². The molecule has 10 heteroatoms. The molecule has 170 valence electrons. The summed E-state index contributed by atoms with van der Waals surface area (Å²) in [4.78, 5) is 16.6. The van der Waals surface area contributed by atoms with Crippen molar-refractivity contribution in [1.29, 1.82) is 5.26 Å². The molecule has 2 aliphatic heterocycles. The van der Waals surface area contributed by atoms with E-state index in [0.717, 1.165) is 11.8 Å². The Balaban J connectivity index is 1.57. The number of nitriles is 1. The number of nitrogens with zero attached hydrogens (tertiary/aromatic N) is 5. The van der Waals surface area contributed by atoms with Crippen LogP contribution in [0.5, 0.6) is 0 Å². The van der Waals surface area contributed by atoms with Crippen molar-refractivity contribution in [3.05, 3.63) is 46.8 Å². The first-order chi connectivity index (χ1) is 15.1. The predicted molar refractivity (Wildman–Crippen MR) is 110 cm³/mol. The largest absolute Gasteiger partial charge is 0.417 e. The molecule has 2 unspecified atom stereocenters. The molecule has 0 bridgehead atoms. The third-order valence-corrected chi connectivity index (χ3v) is 6.75. The van der Waals surface area contributed by atoms with Crippen LogP contribution in [0.1, 0.15) is 33.7 Å². The Labute approximate surface area is 183 Å². The molecular formula is C22H24F3N5O2. The minimum Gasteiger partial charge on any atom is -0.396 e. The second-order valence-electron chi connectivity index (χ2n) is 8.73. The Kier molecular flexibility index (Phi) is 5.41. The van der Waals surface area contributed by atoms with Crippen LogP contribution in [-0.2, 0) is 13.2 Å². The van der Waals surface area contributed by atoms with Crippen molar-refractivity contribution < 1.29 is 23.1 Å². The van der Waals surface area contributed by atoms with Gasteiger partial charge >= 0.3 is 6.18 Å². The van der Waals surface area contributed by atoms with Gasteiger partial charge in [0.1, 0.15) is 5.69 Å². The molecule has 0 spiro atoms. The Morgan fingerprint density at radius 3 is 2.69 bits per heavy atom. The third-order valence-electron chi connectivity index (χ3n) is 6.75. The monoisotopic (exact) mass is 447 g/mol. The lowest BCUT2D eigenvalue weighted by Crippen LogP contribution is -2.49. The zero-order chi connectivity index (χ0) is 23.3. The minimum atomic E-state index is -4.62. The maximum Gasteiger partial charge on any atom is 0.417 e. The average molecular weight is 447 g/mol. The standard InChI is InChI=1S/C22H24F3N5O2/c1-14-7-19(28(2)27-14)20(32)30-11-16-10-29(6-5-21(16,12-30)13-31)17-4-3-15(9-26)18(8-17)22(23,24)25/h3-4,7-8,16,31H,5-6,10-13H2,1-2H3. The highest BCUT2D eigenvalue weighted by atomic mass is 19.4. The molecule has 0 saturated carbocycles. The van der Waals surface area contributed by atoms with Crippen LogP contribution in [0, 0.1) is 29.6 Å². The molecule has 7 nitrogen and oxygen atoms in total. The lowest BCUT2D eigenvalue weighted by Gasteiger charge is -2.43. The molecule has 1 amide bonds. The molecule has 32 heavy (non-hydrogen) atoms. The summed E-state index contributed by atoms with van der Waals surface area (Å²) in [6.45, 7) is 3.38. The number of fused-ring (bicyclic) bond motifs is 1. The van der Waals surface area contributed by atoms with Gasteiger partial charge in [0.15, 0.2) is 0 Å². The minimum absolute atomic E-state index is 0.0931. The van der Waals surface area contributed by atoms with Crippen molar-refractivity contribution in [3.63, 3.8) is 0 Å².